The summed E-state index contributed by atoms with van der Waals surface area (Å²) in [5.74, 6) is 0.757. The molecule has 1 aliphatic carbocycles. The molecule has 1 aliphatic rings. The Labute approximate surface area is 81.9 Å². The van der Waals surface area contributed by atoms with E-state index >= 15 is 0 Å². The third kappa shape index (κ3) is 2.44. The minimum Gasteiger partial charge on any atom is -0.313 e. The molecule has 0 saturated heterocycles. The molecule has 0 aromatic carbocycles. The van der Waals surface area contributed by atoms with Crippen LogP contribution in [0.5, 0.6) is 0 Å². The second-order valence-corrected chi connectivity index (χ2v) is 5.14. The monoisotopic (exact) mass is 185 g/mol. The van der Waals surface area contributed by atoms with Crippen molar-refractivity contribution in [3.8, 4) is 0 Å². The van der Waals surface area contributed by atoms with Gasteiger partial charge in [0.1, 0.15) is 0 Å². The molecular weight excluding hydrogens is 162 g/mol. The van der Waals surface area contributed by atoms with Crippen LogP contribution in [0.1, 0.15) is 53.4 Å². The zero-order valence-corrected chi connectivity index (χ0v) is 9.38. The highest BCUT2D eigenvalue weighted by molar-refractivity contribution is 4.88. The molecule has 0 amide bonds. The van der Waals surface area contributed by atoms with Crippen LogP contribution in [0, 0.1) is 5.92 Å². The van der Waals surface area contributed by atoms with Gasteiger partial charge in [-0.3, -0.25) is 0 Å². The van der Waals surface area contributed by atoms with Gasteiger partial charge >= 0.3 is 0 Å². The molecule has 1 saturated carbocycles. The van der Waals surface area contributed by atoms with E-state index in [1.54, 1.807) is 5.06 Å². The summed E-state index contributed by atoms with van der Waals surface area (Å²) >= 11 is 0. The largest absolute Gasteiger partial charge is 0.313 e. The van der Waals surface area contributed by atoms with Gasteiger partial charge in [-0.2, -0.15) is 5.06 Å². The molecule has 0 bridgehead atoms. The Hall–Kier alpha value is -0.0800. The maximum Gasteiger partial charge on any atom is 0.0437 e. The zero-order chi connectivity index (χ0) is 10.1. The quantitative estimate of drug-likeness (QED) is 0.668. The maximum absolute atomic E-state index is 9.96. The van der Waals surface area contributed by atoms with Crippen molar-refractivity contribution in [2.24, 2.45) is 5.92 Å². The Balaban J connectivity index is 2.63. The van der Waals surface area contributed by atoms with Crippen LogP contribution >= 0.6 is 0 Å². The minimum atomic E-state index is 0.0197. The Morgan fingerprint density at radius 2 is 2.08 bits per heavy atom. The first-order valence-corrected chi connectivity index (χ1v) is 5.44. The van der Waals surface area contributed by atoms with Crippen LogP contribution in [0.3, 0.4) is 0 Å². The molecule has 1 unspecified atom stereocenters. The van der Waals surface area contributed by atoms with Crippen LogP contribution in [0.25, 0.3) is 0 Å². The van der Waals surface area contributed by atoms with Crippen molar-refractivity contribution in [2.75, 3.05) is 0 Å². The lowest BCUT2D eigenvalue weighted by atomic mass is 9.77. The van der Waals surface area contributed by atoms with Gasteiger partial charge in [0.25, 0.3) is 0 Å². The SMILES string of the molecule is CC(C)N(O)C1(C)CCC[C@H](C)C1. The molecule has 13 heavy (non-hydrogen) atoms. The van der Waals surface area contributed by atoms with E-state index in [1.165, 1.54) is 12.8 Å². The molecule has 0 aromatic rings. The van der Waals surface area contributed by atoms with Crippen molar-refractivity contribution in [1.82, 2.24) is 5.06 Å². The van der Waals surface area contributed by atoms with Gasteiger partial charge in [-0.15, -0.1) is 0 Å². The van der Waals surface area contributed by atoms with E-state index in [0.717, 1.165) is 18.8 Å². The molecule has 0 aromatic heterocycles. The van der Waals surface area contributed by atoms with Crippen LogP contribution in [0.15, 0.2) is 0 Å². The molecule has 0 radical (unpaired) electrons. The van der Waals surface area contributed by atoms with Crippen LogP contribution in [-0.4, -0.2) is 21.9 Å². The summed E-state index contributed by atoms with van der Waals surface area (Å²) in [7, 11) is 0. The number of rotatable bonds is 2. The summed E-state index contributed by atoms with van der Waals surface area (Å²) in [5.41, 5.74) is 0.0197. The molecule has 0 heterocycles. The third-order valence-corrected chi connectivity index (χ3v) is 3.24. The van der Waals surface area contributed by atoms with Crippen molar-refractivity contribution >= 4 is 0 Å². The van der Waals surface area contributed by atoms with Gasteiger partial charge in [0.15, 0.2) is 0 Å². The molecule has 2 nitrogen and oxygen atoms in total. The predicted octanol–water partition coefficient (Wildman–Crippen LogP) is 3.05. The normalized spacial score (nSPS) is 35.8. The summed E-state index contributed by atoms with van der Waals surface area (Å²) in [6, 6.07) is 0.232. The maximum atomic E-state index is 9.96. The first-order chi connectivity index (χ1) is 5.96. The Kier molecular flexibility index (Phi) is 3.36. The van der Waals surface area contributed by atoms with Gasteiger partial charge in [0, 0.05) is 11.6 Å². The van der Waals surface area contributed by atoms with Gasteiger partial charge in [-0.05, 0) is 39.5 Å². The molecular formula is C11H23NO. The van der Waals surface area contributed by atoms with E-state index in [-0.39, 0.29) is 11.6 Å². The molecule has 2 heteroatoms. The first-order valence-electron chi connectivity index (χ1n) is 5.44. The lowest BCUT2D eigenvalue weighted by molar-refractivity contribution is -0.203. The fourth-order valence-electron chi connectivity index (χ4n) is 2.62. The van der Waals surface area contributed by atoms with Gasteiger partial charge in [-0.1, -0.05) is 19.8 Å². The minimum absolute atomic E-state index is 0.0197. The molecule has 2 atom stereocenters. The summed E-state index contributed by atoms with van der Waals surface area (Å²) in [4.78, 5) is 0. The standard InChI is InChI=1S/C11H23NO/c1-9(2)12(13)11(4)7-5-6-10(3)8-11/h9-10,13H,5-8H2,1-4H3/t10-,11?/m0/s1. The Bertz CT molecular complexity index is 169. The summed E-state index contributed by atoms with van der Waals surface area (Å²) < 4.78 is 0. The van der Waals surface area contributed by atoms with E-state index < -0.39 is 0 Å². The predicted molar refractivity (Wildman–Crippen MR) is 54.8 cm³/mol. The molecule has 78 valence electrons. The van der Waals surface area contributed by atoms with Crippen molar-refractivity contribution in [2.45, 2.75) is 65.0 Å². The summed E-state index contributed by atoms with van der Waals surface area (Å²) in [6.07, 6.45) is 4.83. The summed E-state index contributed by atoms with van der Waals surface area (Å²) in [5, 5.41) is 11.5. The highest BCUT2D eigenvalue weighted by atomic mass is 16.5. The molecule has 0 aliphatic heterocycles. The van der Waals surface area contributed by atoms with Crippen molar-refractivity contribution in [1.29, 1.82) is 0 Å². The number of hydroxylamine groups is 2. The van der Waals surface area contributed by atoms with Gasteiger partial charge in [0.2, 0.25) is 0 Å². The second-order valence-electron chi connectivity index (χ2n) is 5.14. The molecule has 1 fully saturated rings. The van der Waals surface area contributed by atoms with Crippen molar-refractivity contribution < 1.29 is 5.21 Å². The number of hydrogen-bond acceptors (Lipinski definition) is 2. The smallest absolute Gasteiger partial charge is 0.0437 e. The van der Waals surface area contributed by atoms with Gasteiger partial charge < -0.3 is 5.21 Å². The van der Waals surface area contributed by atoms with E-state index in [1.807, 2.05) is 13.8 Å². The molecule has 1 N–H and O–H groups in total. The second kappa shape index (κ2) is 3.97. The highest BCUT2D eigenvalue weighted by Crippen LogP contribution is 2.36. The van der Waals surface area contributed by atoms with Crippen LogP contribution in [0.4, 0.5) is 0 Å². The van der Waals surface area contributed by atoms with Crippen molar-refractivity contribution in [3.05, 3.63) is 0 Å². The average molecular weight is 185 g/mol. The Morgan fingerprint density at radius 1 is 1.46 bits per heavy atom. The number of hydrogen-bond donors (Lipinski definition) is 1. The van der Waals surface area contributed by atoms with E-state index in [4.69, 9.17) is 0 Å². The van der Waals surface area contributed by atoms with Gasteiger partial charge in [0.05, 0.1) is 0 Å². The fraction of sp³-hybridized carbons (Fsp3) is 1.00. The first kappa shape index (κ1) is 11.0. The highest BCUT2D eigenvalue weighted by Gasteiger charge is 2.36. The Morgan fingerprint density at radius 3 is 2.54 bits per heavy atom. The summed E-state index contributed by atoms with van der Waals surface area (Å²) in [6.45, 7) is 8.56. The van der Waals surface area contributed by atoms with E-state index in [2.05, 4.69) is 13.8 Å². The third-order valence-electron chi connectivity index (χ3n) is 3.24. The number of nitrogens with zero attached hydrogens (tertiary/aromatic N) is 1. The molecule has 1 rings (SSSR count). The van der Waals surface area contributed by atoms with Crippen molar-refractivity contribution in [3.63, 3.8) is 0 Å². The molecule has 0 spiro atoms. The lowest BCUT2D eigenvalue weighted by Crippen LogP contribution is -2.50. The topological polar surface area (TPSA) is 23.5 Å². The zero-order valence-electron chi connectivity index (χ0n) is 9.38. The fourth-order valence-corrected chi connectivity index (χ4v) is 2.62. The van der Waals surface area contributed by atoms with E-state index in [9.17, 15) is 5.21 Å². The van der Waals surface area contributed by atoms with Crippen LogP contribution < -0.4 is 0 Å². The van der Waals surface area contributed by atoms with Crippen LogP contribution in [0.2, 0.25) is 0 Å². The van der Waals surface area contributed by atoms with E-state index in [0.29, 0.717) is 0 Å². The average Bonchev–Trinajstić information content (AvgIpc) is 2.02. The lowest BCUT2D eigenvalue weighted by Gasteiger charge is -2.44. The van der Waals surface area contributed by atoms with Gasteiger partial charge in [-0.25, -0.2) is 0 Å². The van der Waals surface area contributed by atoms with Crippen LogP contribution in [-0.2, 0) is 0 Å².